The molecule has 0 unspecified atom stereocenters. The van der Waals surface area contributed by atoms with Gasteiger partial charge in [0.05, 0.1) is 24.1 Å². The van der Waals surface area contributed by atoms with E-state index in [0.29, 0.717) is 47.6 Å². The fourth-order valence-electron chi connectivity index (χ4n) is 4.53. The van der Waals surface area contributed by atoms with E-state index in [1.54, 1.807) is 42.6 Å². The molecule has 2 aromatic carbocycles. The number of para-hydroxylation sites is 1. The number of allylic oxidation sites excluding steroid dienone is 3. The van der Waals surface area contributed by atoms with Gasteiger partial charge < -0.3 is 19.7 Å². The zero-order valence-electron chi connectivity index (χ0n) is 22.3. The van der Waals surface area contributed by atoms with Crippen molar-refractivity contribution in [3.63, 3.8) is 0 Å². The molecule has 2 aliphatic rings. The molecule has 1 fully saturated rings. The molecular formula is C31H29N5O5. The van der Waals surface area contributed by atoms with Gasteiger partial charge in [-0.2, -0.15) is 0 Å². The van der Waals surface area contributed by atoms with Gasteiger partial charge in [0.15, 0.2) is 0 Å². The minimum Gasteiger partial charge on any atom is -0.493 e. The number of amides is 2. The van der Waals surface area contributed by atoms with Gasteiger partial charge in [-0.3, -0.25) is 9.59 Å². The number of benzene rings is 2. The maximum Gasteiger partial charge on any atom is 0.316 e. The van der Waals surface area contributed by atoms with Crippen LogP contribution in [-0.4, -0.2) is 47.6 Å². The van der Waals surface area contributed by atoms with Crippen molar-refractivity contribution in [3.05, 3.63) is 113 Å². The highest BCUT2D eigenvalue weighted by Gasteiger charge is 2.22. The van der Waals surface area contributed by atoms with Crippen LogP contribution in [-0.2, 0) is 0 Å². The second kappa shape index (κ2) is 13.3. The number of nitroso groups, excluding NO2 is 1. The fraction of sp³-hybridized carbons (Fsp3) is 0.226. The van der Waals surface area contributed by atoms with E-state index in [1.165, 1.54) is 6.20 Å². The number of pyridine rings is 1. The van der Waals surface area contributed by atoms with E-state index < -0.39 is 5.91 Å². The van der Waals surface area contributed by atoms with E-state index in [2.05, 4.69) is 25.4 Å². The van der Waals surface area contributed by atoms with Gasteiger partial charge in [-0.25, -0.2) is 9.98 Å². The van der Waals surface area contributed by atoms with Gasteiger partial charge in [-0.15, -0.1) is 4.91 Å². The van der Waals surface area contributed by atoms with Gasteiger partial charge in [-0.1, -0.05) is 30.3 Å². The summed E-state index contributed by atoms with van der Waals surface area (Å²) in [6.45, 7) is 2.18. The predicted octanol–water partition coefficient (Wildman–Crippen LogP) is 5.50. The molecule has 0 aliphatic carbocycles. The van der Waals surface area contributed by atoms with Crippen LogP contribution in [0.3, 0.4) is 0 Å². The summed E-state index contributed by atoms with van der Waals surface area (Å²) in [6.07, 6.45) is 9.63. The summed E-state index contributed by atoms with van der Waals surface area (Å²) in [5.74, 6) is 1.78. The second-order valence-corrected chi connectivity index (χ2v) is 9.64. The number of aromatic nitrogens is 1. The van der Waals surface area contributed by atoms with Crippen LogP contribution in [0.1, 0.15) is 40.0 Å². The number of likely N-dealkylation sites (tertiary alicyclic amines) is 1. The first kappa shape index (κ1) is 27.4. The molecular weight excluding hydrogens is 522 g/mol. The molecule has 1 N–H and O–H groups in total. The highest BCUT2D eigenvalue weighted by atomic mass is 16.5. The number of piperidine rings is 1. The molecule has 2 amide bonds. The van der Waals surface area contributed by atoms with Crippen molar-refractivity contribution in [1.29, 1.82) is 0 Å². The van der Waals surface area contributed by atoms with Crippen LogP contribution in [0.15, 0.2) is 107 Å². The van der Waals surface area contributed by atoms with E-state index in [-0.39, 0.29) is 11.5 Å². The largest absolute Gasteiger partial charge is 0.493 e. The van der Waals surface area contributed by atoms with Crippen molar-refractivity contribution >= 4 is 18.0 Å². The molecule has 0 spiro atoms. The molecule has 10 nitrogen and oxygen atoms in total. The van der Waals surface area contributed by atoms with Crippen molar-refractivity contribution < 1.29 is 19.1 Å². The molecule has 0 atom stereocenters. The molecule has 0 bridgehead atoms. The number of ether oxygens (including phenoxy) is 2. The number of nitrogens with one attached hydrogen (secondary N) is 1. The number of rotatable bonds is 9. The Hall–Kier alpha value is -5.12. The van der Waals surface area contributed by atoms with Crippen molar-refractivity contribution in [2.75, 3.05) is 19.7 Å². The molecule has 1 aromatic heterocycles. The van der Waals surface area contributed by atoms with Crippen molar-refractivity contribution in [1.82, 2.24) is 15.2 Å². The number of nitrogens with zero attached hydrogens (tertiary/aromatic N) is 4. The van der Waals surface area contributed by atoms with Crippen molar-refractivity contribution in [2.24, 2.45) is 16.1 Å². The first-order valence-corrected chi connectivity index (χ1v) is 13.4. The van der Waals surface area contributed by atoms with Crippen LogP contribution >= 0.6 is 0 Å². The summed E-state index contributed by atoms with van der Waals surface area (Å²) in [7, 11) is 0. The first-order valence-electron chi connectivity index (χ1n) is 13.4. The topological polar surface area (TPSA) is 123 Å². The Morgan fingerprint density at radius 3 is 2.51 bits per heavy atom. The number of hydrogen-bond acceptors (Lipinski definition) is 8. The lowest BCUT2D eigenvalue weighted by molar-refractivity contribution is 0.0965. The SMILES string of the molecule is O=NC(=O)c1cccc(OCC2CCN(C3=CCC=C(NC(=O)c4ccc(Oc5ccccc5)nc4)C=N3)CC2)c1. The third kappa shape index (κ3) is 7.51. The molecule has 208 valence electrons. The lowest BCUT2D eigenvalue weighted by Crippen LogP contribution is -2.34. The Morgan fingerprint density at radius 2 is 1.76 bits per heavy atom. The third-order valence-corrected chi connectivity index (χ3v) is 6.78. The minimum atomic E-state index is -0.807. The quantitative estimate of drug-likeness (QED) is 0.348. The first-order chi connectivity index (χ1) is 20.1. The zero-order chi connectivity index (χ0) is 28.4. The van der Waals surface area contributed by atoms with Gasteiger partial charge in [0.2, 0.25) is 5.88 Å². The fourth-order valence-corrected chi connectivity index (χ4v) is 4.53. The molecule has 2 aliphatic heterocycles. The molecule has 0 saturated carbocycles. The second-order valence-electron chi connectivity index (χ2n) is 9.64. The Balaban J connectivity index is 1.08. The molecule has 0 radical (unpaired) electrons. The maximum atomic E-state index is 12.8. The summed E-state index contributed by atoms with van der Waals surface area (Å²) >= 11 is 0. The number of carbonyl (C=O) groups is 2. The van der Waals surface area contributed by atoms with Gasteiger partial charge >= 0.3 is 5.91 Å². The van der Waals surface area contributed by atoms with E-state index in [0.717, 1.165) is 31.8 Å². The van der Waals surface area contributed by atoms with Gasteiger partial charge in [0, 0.05) is 36.1 Å². The summed E-state index contributed by atoms with van der Waals surface area (Å²) in [5.41, 5.74) is 1.26. The minimum absolute atomic E-state index is 0.220. The Morgan fingerprint density at radius 1 is 0.951 bits per heavy atom. The van der Waals surface area contributed by atoms with E-state index in [9.17, 15) is 14.5 Å². The Kier molecular flexibility index (Phi) is 8.90. The van der Waals surface area contributed by atoms with Crippen LogP contribution in [0, 0.1) is 10.8 Å². The van der Waals surface area contributed by atoms with Gasteiger partial charge in [-0.05, 0) is 67.7 Å². The smallest absolute Gasteiger partial charge is 0.316 e. The van der Waals surface area contributed by atoms with Crippen LogP contribution in [0.4, 0.5) is 0 Å². The Labute approximate surface area is 237 Å². The number of carbonyl (C=O) groups excluding carboxylic acids is 2. The van der Waals surface area contributed by atoms with Gasteiger partial charge in [0.25, 0.3) is 5.91 Å². The predicted molar refractivity (Wildman–Crippen MR) is 154 cm³/mol. The molecule has 41 heavy (non-hydrogen) atoms. The Bertz CT molecular complexity index is 1480. The normalized spacial score (nSPS) is 15.3. The third-order valence-electron chi connectivity index (χ3n) is 6.78. The number of hydrogen-bond donors (Lipinski definition) is 1. The maximum absolute atomic E-state index is 12.8. The lowest BCUT2D eigenvalue weighted by atomic mass is 9.98. The average Bonchev–Trinajstić information content (AvgIpc) is 3.26. The van der Waals surface area contributed by atoms with E-state index >= 15 is 0 Å². The van der Waals surface area contributed by atoms with E-state index in [1.807, 2.05) is 42.5 Å². The molecule has 5 rings (SSSR count). The summed E-state index contributed by atoms with van der Waals surface area (Å²) in [5, 5.41) is 5.36. The lowest BCUT2D eigenvalue weighted by Gasteiger charge is -2.33. The summed E-state index contributed by atoms with van der Waals surface area (Å²) in [6, 6.07) is 19.2. The van der Waals surface area contributed by atoms with Crippen LogP contribution < -0.4 is 14.8 Å². The van der Waals surface area contributed by atoms with E-state index in [4.69, 9.17) is 9.47 Å². The average molecular weight is 552 g/mol. The summed E-state index contributed by atoms with van der Waals surface area (Å²) < 4.78 is 11.6. The molecule has 10 heteroatoms. The molecule has 3 heterocycles. The highest BCUT2D eigenvalue weighted by molar-refractivity contribution is 5.98. The van der Waals surface area contributed by atoms with Gasteiger partial charge in [0.1, 0.15) is 17.3 Å². The van der Waals surface area contributed by atoms with Crippen LogP contribution in [0.25, 0.3) is 0 Å². The zero-order valence-corrected chi connectivity index (χ0v) is 22.3. The molecule has 3 aromatic rings. The standard InChI is InChI=1S/C31H29N5O5/c37-30(24-12-13-29(33-19-24)41-26-8-2-1-3-9-26)34-25-7-5-11-28(32-20-25)36-16-14-22(15-17-36)21-40-27-10-4-6-23(18-27)31(38)35-39/h1-4,6-13,18-20,22H,5,14-17,21H2,(H,34,37). The highest BCUT2D eigenvalue weighted by Crippen LogP contribution is 2.24. The summed E-state index contributed by atoms with van der Waals surface area (Å²) in [4.78, 5) is 45.9. The number of aliphatic imine (C=N–C) groups is 1. The van der Waals surface area contributed by atoms with Crippen LogP contribution in [0.2, 0.25) is 0 Å². The van der Waals surface area contributed by atoms with Crippen molar-refractivity contribution in [2.45, 2.75) is 19.3 Å². The van der Waals surface area contributed by atoms with Crippen LogP contribution in [0.5, 0.6) is 17.4 Å². The molecule has 1 saturated heterocycles. The van der Waals surface area contributed by atoms with Crippen molar-refractivity contribution in [3.8, 4) is 17.4 Å². The monoisotopic (exact) mass is 551 g/mol.